The van der Waals surface area contributed by atoms with E-state index in [9.17, 15) is 26.4 Å². The molecule has 5 nitrogen and oxygen atoms in total. The van der Waals surface area contributed by atoms with Crippen LogP contribution in [0.2, 0.25) is 0 Å². The third kappa shape index (κ3) is 3.67. The highest BCUT2D eigenvalue weighted by Crippen LogP contribution is 2.33. The molecule has 0 heterocycles. The summed E-state index contributed by atoms with van der Waals surface area (Å²) in [6.45, 7) is 0. The van der Waals surface area contributed by atoms with E-state index in [2.05, 4.69) is 0 Å². The van der Waals surface area contributed by atoms with Crippen molar-refractivity contribution >= 4 is 15.7 Å². The summed E-state index contributed by atoms with van der Waals surface area (Å²) in [4.78, 5) is 9.19. The van der Waals surface area contributed by atoms with Crippen LogP contribution in [0.5, 0.6) is 0 Å². The molecule has 0 saturated carbocycles. The summed E-state index contributed by atoms with van der Waals surface area (Å²) in [7, 11) is -4.35. The van der Waals surface area contributed by atoms with E-state index in [0.29, 0.717) is 17.7 Å². The largest absolute Gasteiger partial charge is 0.416 e. The maximum Gasteiger partial charge on any atom is 0.416 e. The van der Waals surface area contributed by atoms with Crippen LogP contribution in [-0.4, -0.2) is 14.3 Å². The number of amides is 1. The van der Waals surface area contributed by atoms with Crippen molar-refractivity contribution in [3.8, 4) is 0 Å². The standard InChI is InChI=1S/C16H15F3N2O3S/c17-16(18,19)13-8-6-12(7-9-13)15(21,14(20)22)25(23,24)10-11-4-2-1-3-5-11/h1-9H,10,21H2,(H2,20,22). The Morgan fingerprint density at radius 3 is 1.84 bits per heavy atom. The molecule has 134 valence electrons. The van der Waals surface area contributed by atoms with Gasteiger partial charge in [0.1, 0.15) is 0 Å². The highest BCUT2D eigenvalue weighted by molar-refractivity contribution is 7.92. The van der Waals surface area contributed by atoms with Crippen molar-refractivity contribution in [1.82, 2.24) is 0 Å². The van der Waals surface area contributed by atoms with Gasteiger partial charge in [0.15, 0.2) is 9.84 Å². The lowest BCUT2D eigenvalue weighted by Gasteiger charge is -2.26. The van der Waals surface area contributed by atoms with Crippen molar-refractivity contribution in [2.24, 2.45) is 11.5 Å². The van der Waals surface area contributed by atoms with Crippen molar-refractivity contribution in [2.75, 3.05) is 0 Å². The molecule has 4 N–H and O–H groups in total. The molecule has 1 amide bonds. The van der Waals surface area contributed by atoms with E-state index < -0.39 is 38.1 Å². The van der Waals surface area contributed by atoms with E-state index >= 15 is 0 Å². The fourth-order valence-corrected chi connectivity index (χ4v) is 3.95. The van der Waals surface area contributed by atoms with Crippen molar-refractivity contribution in [3.63, 3.8) is 0 Å². The first-order chi connectivity index (χ1) is 11.5. The predicted molar refractivity (Wildman–Crippen MR) is 85.6 cm³/mol. The number of carbonyl (C=O) groups is 1. The normalized spacial score (nSPS) is 14.7. The van der Waals surface area contributed by atoms with Crippen molar-refractivity contribution in [1.29, 1.82) is 0 Å². The van der Waals surface area contributed by atoms with Crippen LogP contribution < -0.4 is 11.5 Å². The number of sulfone groups is 1. The Morgan fingerprint density at radius 2 is 1.40 bits per heavy atom. The summed E-state index contributed by atoms with van der Waals surface area (Å²) in [6.07, 6.45) is -4.61. The summed E-state index contributed by atoms with van der Waals surface area (Å²) in [5.74, 6) is -1.96. The van der Waals surface area contributed by atoms with Gasteiger partial charge in [-0.15, -0.1) is 0 Å². The fourth-order valence-electron chi connectivity index (χ4n) is 2.29. The first-order valence-corrected chi connectivity index (χ1v) is 8.66. The van der Waals surface area contributed by atoms with Crippen LogP contribution in [0.25, 0.3) is 0 Å². The van der Waals surface area contributed by atoms with Crippen LogP contribution in [-0.2, 0) is 31.4 Å². The second kappa shape index (κ2) is 6.49. The van der Waals surface area contributed by atoms with Gasteiger partial charge in [-0.05, 0) is 23.3 Å². The van der Waals surface area contributed by atoms with Gasteiger partial charge < -0.3 is 11.5 Å². The van der Waals surface area contributed by atoms with Gasteiger partial charge in [0.2, 0.25) is 4.87 Å². The smallest absolute Gasteiger partial charge is 0.367 e. The van der Waals surface area contributed by atoms with E-state index in [1.165, 1.54) is 12.1 Å². The van der Waals surface area contributed by atoms with Crippen LogP contribution in [0, 0.1) is 0 Å². The lowest BCUT2D eigenvalue weighted by atomic mass is 10.0. The van der Waals surface area contributed by atoms with Crippen molar-refractivity contribution in [3.05, 3.63) is 71.3 Å². The number of benzene rings is 2. The maximum absolute atomic E-state index is 12.7. The van der Waals surface area contributed by atoms with Crippen molar-refractivity contribution in [2.45, 2.75) is 16.8 Å². The molecule has 2 aromatic rings. The zero-order chi connectivity index (χ0) is 18.9. The number of primary amides is 1. The fraction of sp³-hybridized carbons (Fsp3) is 0.188. The lowest BCUT2D eigenvalue weighted by molar-refractivity contribution is -0.137. The zero-order valence-electron chi connectivity index (χ0n) is 12.8. The summed E-state index contributed by atoms with van der Waals surface area (Å²) < 4.78 is 63.4. The van der Waals surface area contributed by atoms with Crippen LogP contribution >= 0.6 is 0 Å². The van der Waals surface area contributed by atoms with Crippen LogP contribution in [0.1, 0.15) is 16.7 Å². The first kappa shape index (κ1) is 18.9. The molecule has 0 radical (unpaired) electrons. The first-order valence-electron chi connectivity index (χ1n) is 7.01. The highest BCUT2D eigenvalue weighted by Gasteiger charge is 2.47. The number of carbonyl (C=O) groups excluding carboxylic acids is 1. The number of halogens is 3. The Kier molecular flexibility index (Phi) is 4.92. The van der Waals surface area contributed by atoms with Crippen molar-refractivity contribution < 1.29 is 26.4 Å². The number of hydrogen-bond donors (Lipinski definition) is 2. The molecule has 0 spiro atoms. The second-order valence-corrected chi connectivity index (χ2v) is 7.58. The minimum atomic E-state index is -4.61. The minimum Gasteiger partial charge on any atom is -0.367 e. The molecule has 0 aromatic heterocycles. The molecule has 0 aliphatic heterocycles. The molecule has 9 heteroatoms. The topological polar surface area (TPSA) is 103 Å². The van der Waals surface area contributed by atoms with Crippen LogP contribution in [0.4, 0.5) is 13.2 Å². The molecule has 0 bridgehead atoms. The third-order valence-corrected chi connectivity index (χ3v) is 5.83. The number of nitrogens with two attached hydrogens (primary N) is 2. The van der Waals surface area contributed by atoms with E-state index in [-0.39, 0.29) is 5.56 Å². The Morgan fingerprint density at radius 1 is 0.920 bits per heavy atom. The lowest BCUT2D eigenvalue weighted by Crippen LogP contribution is -2.55. The second-order valence-electron chi connectivity index (χ2n) is 5.42. The van der Waals surface area contributed by atoms with Gasteiger partial charge in [0.25, 0.3) is 5.91 Å². The predicted octanol–water partition coefficient (Wildman–Crippen LogP) is 1.92. The molecular formula is C16H15F3N2O3S. The SMILES string of the molecule is NC(=O)C(N)(c1ccc(C(F)(F)F)cc1)S(=O)(=O)Cc1ccccc1. The van der Waals surface area contributed by atoms with Gasteiger partial charge in [-0.25, -0.2) is 8.42 Å². The Bertz CT molecular complexity index is 866. The zero-order valence-corrected chi connectivity index (χ0v) is 13.6. The molecule has 2 rings (SSSR count). The van der Waals surface area contributed by atoms with E-state index in [1.54, 1.807) is 18.2 Å². The highest BCUT2D eigenvalue weighted by atomic mass is 32.2. The minimum absolute atomic E-state index is 0.330. The number of alkyl halides is 3. The summed E-state index contributed by atoms with van der Waals surface area (Å²) in [5.41, 5.74) is 10.0. The van der Waals surface area contributed by atoms with Gasteiger partial charge in [0.05, 0.1) is 11.3 Å². The summed E-state index contributed by atoms with van der Waals surface area (Å²) in [6, 6.07) is 10.9. The molecule has 2 aromatic carbocycles. The van der Waals surface area contributed by atoms with Gasteiger partial charge in [-0.1, -0.05) is 42.5 Å². The van der Waals surface area contributed by atoms with E-state index in [1.807, 2.05) is 0 Å². The van der Waals surface area contributed by atoms with Gasteiger partial charge in [0, 0.05) is 0 Å². The van der Waals surface area contributed by atoms with Crippen LogP contribution in [0.3, 0.4) is 0 Å². The average molecular weight is 372 g/mol. The molecule has 0 saturated heterocycles. The van der Waals surface area contributed by atoms with E-state index in [4.69, 9.17) is 11.5 Å². The maximum atomic E-state index is 12.7. The summed E-state index contributed by atoms with van der Waals surface area (Å²) >= 11 is 0. The van der Waals surface area contributed by atoms with Gasteiger partial charge in [-0.2, -0.15) is 13.2 Å². The molecule has 0 aliphatic carbocycles. The molecule has 1 unspecified atom stereocenters. The number of hydrogen-bond acceptors (Lipinski definition) is 4. The Labute approximate surface area is 142 Å². The number of rotatable bonds is 5. The van der Waals surface area contributed by atoms with Gasteiger partial charge in [-0.3, -0.25) is 4.79 Å². The summed E-state index contributed by atoms with van der Waals surface area (Å²) in [5, 5.41) is 0. The van der Waals surface area contributed by atoms with Crippen LogP contribution in [0.15, 0.2) is 54.6 Å². The quantitative estimate of drug-likeness (QED) is 0.837. The molecule has 0 aliphatic rings. The molecular weight excluding hydrogens is 357 g/mol. The molecule has 1 atom stereocenters. The van der Waals surface area contributed by atoms with E-state index in [0.717, 1.165) is 12.1 Å². The molecule has 0 fully saturated rings. The average Bonchev–Trinajstić information content (AvgIpc) is 2.53. The third-order valence-electron chi connectivity index (χ3n) is 3.70. The Hall–Kier alpha value is -2.39. The Balaban J connectivity index is 2.49. The van der Waals surface area contributed by atoms with Gasteiger partial charge >= 0.3 is 6.18 Å². The monoisotopic (exact) mass is 372 g/mol. The molecule has 25 heavy (non-hydrogen) atoms.